The van der Waals surface area contributed by atoms with Gasteiger partial charge in [-0.05, 0) is 46.6 Å². The van der Waals surface area contributed by atoms with E-state index in [0.29, 0.717) is 0 Å². The molecule has 1 heterocycles. The average Bonchev–Trinajstić information content (AvgIpc) is 2.69. The van der Waals surface area contributed by atoms with E-state index >= 15 is 0 Å². The van der Waals surface area contributed by atoms with E-state index in [1.807, 2.05) is 20.8 Å². The maximum absolute atomic E-state index is 11.8. The van der Waals surface area contributed by atoms with E-state index in [1.54, 1.807) is 7.11 Å². The van der Waals surface area contributed by atoms with Gasteiger partial charge in [-0.3, -0.25) is 4.79 Å². The largest absolute Gasteiger partial charge is 0.379 e. The lowest BCUT2D eigenvalue weighted by Gasteiger charge is -2.27. The molecule has 0 radical (unpaired) electrons. The van der Waals surface area contributed by atoms with Crippen molar-refractivity contribution in [1.29, 1.82) is 0 Å². The normalized spacial score (nSPS) is 21.8. The summed E-state index contributed by atoms with van der Waals surface area (Å²) in [6, 6.07) is 0.151. The molecule has 1 aliphatic rings. The van der Waals surface area contributed by atoms with Crippen molar-refractivity contribution in [2.75, 3.05) is 13.7 Å². The molecule has 2 atom stereocenters. The van der Waals surface area contributed by atoms with Crippen LogP contribution in [-0.4, -0.2) is 37.2 Å². The van der Waals surface area contributed by atoms with Crippen molar-refractivity contribution in [3.8, 4) is 0 Å². The van der Waals surface area contributed by atoms with Crippen LogP contribution in [0.2, 0.25) is 0 Å². The number of ether oxygens (including phenoxy) is 1. The molecule has 1 saturated heterocycles. The van der Waals surface area contributed by atoms with Crippen LogP contribution in [-0.2, 0) is 9.53 Å². The van der Waals surface area contributed by atoms with Gasteiger partial charge < -0.3 is 15.4 Å². The van der Waals surface area contributed by atoms with Crippen molar-refractivity contribution in [3.05, 3.63) is 0 Å². The summed E-state index contributed by atoms with van der Waals surface area (Å²) in [5, 5.41) is 6.23. The molecule has 0 aromatic heterocycles. The first-order chi connectivity index (χ1) is 7.44. The van der Waals surface area contributed by atoms with Crippen LogP contribution in [0, 0.1) is 0 Å². The SMILES string of the molecule is COC(C)(C)CC(C)NC(=O)C1CCCN1.Cl. The number of hydrogen-bond donors (Lipinski definition) is 2. The number of rotatable bonds is 5. The lowest BCUT2D eigenvalue weighted by atomic mass is 9.99. The van der Waals surface area contributed by atoms with Crippen molar-refractivity contribution in [2.45, 2.75) is 57.7 Å². The van der Waals surface area contributed by atoms with Gasteiger partial charge >= 0.3 is 0 Å². The van der Waals surface area contributed by atoms with Gasteiger partial charge in [0.15, 0.2) is 0 Å². The molecule has 17 heavy (non-hydrogen) atoms. The smallest absolute Gasteiger partial charge is 0.237 e. The van der Waals surface area contributed by atoms with Gasteiger partial charge in [-0.25, -0.2) is 0 Å². The molecule has 0 aromatic carbocycles. The standard InChI is InChI=1S/C12H24N2O2.ClH/c1-9(8-12(2,3)16-4)14-11(15)10-6-5-7-13-10;/h9-10,13H,5-8H2,1-4H3,(H,14,15);1H. The predicted molar refractivity (Wildman–Crippen MR) is 71.6 cm³/mol. The maximum atomic E-state index is 11.8. The highest BCUT2D eigenvalue weighted by Gasteiger charge is 2.25. The Morgan fingerprint density at radius 3 is 2.71 bits per heavy atom. The van der Waals surface area contributed by atoms with Crippen LogP contribution in [0.25, 0.3) is 0 Å². The van der Waals surface area contributed by atoms with Gasteiger partial charge in [0.05, 0.1) is 11.6 Å². The topological polar surface area (TPSA) is 50.4 Å². The molecule has 102 valence electrons. The van der Waals surface area contributed by atoms with Crippen molar-refractivity contribution in [3.63, 3.8) is 0 Å². The zero-order valence-electron chi connectivity index (χ0n) is 11.2. The minimum absolute atomic E-state index is 0. The highest BCUT2D eigenvalue weighted by molar-refractivity contribution is 5.85. The minimum atomic E-state index is -0.185. The fourth-order valence-electron chi connectivity index (χ4n) is 2.12. The Balaban J connectivity index is 0.00000256. The molecular formula is C12H25ClN2O2. The quantitative estimate of drug-likeness (QED) is 0.791. The Kier molecular flexibility index (Phi) is 7.05. The first-order valence-electron chi connectivity index (χ1n) is 6.03. The molecular weight excluding hydrogens is 240 g/mol. The molecule has 2 N–H and O–H groups in total. The fourth-order valence-corrected chi connectivity index (χ4v) is 2.12. The average molecular weight is 265 g/mol. The summed E-state index contributed by atoms with van der Waals surface area (Å²) in [4.78, 5) is 11.8. The molecule has 5 heteroatoms. The number of nitrogens with one attached hydrogen (secondary N) is 2. The Morgan fingerprint density at radius 2 is 2.24 bits per heavy atom. The van der Waals surface area contributed by atoms with Crippen LogP contribution in [0.3, 0.4) is 0 Å². The first-order valence-corrected chi connectivity index (χ1v) is 6.03. The van der Waals surface area contributed by atoms with Crippen LogP contribution >= 0.6 is 12.4 Å². The molecule has 0 saturated carbocycles. The number of halogens is 1. The van der Waals surface area contributed by atoms with E-state index in [1.165, 1.54) is 0 Å². The summed E-state index contributed by atoms with van der Waals surface area (Å²) < 4.78 is 5.35. The summed E-state index contributed by atoms with van der Waals surface area (Å²) in [6.07, 6.45) is 2.87. The van der Waals surface area contributed by atoms with Crippen molar-refractivity contribution < 1.29 is 9.53 Å². The van der Waals surface area contributed by atoms with Crippen LogP contribution in [0.1, 0.15) is 40.0 Å². The Hall–Kier alpha value is -0.320. The number of carbonyl (C=O) groups excluding carboxylic acids is 1. The first kappa shape index (κ1) is 16.7. The molecule has 0 aromatic rings. The highest BCUT2D eigenvalue weighted by Crippen LogP contribution is 2.15. The number of methoxy groups -OCH3 is 1. The van der Waals surface area contributed by atoms with Gasteiger partial charge in [-0.1, -0.05) is 0 Å². The molecule has 2 unspecified atom stereocenters. The molecule has 0 aliphatic carbocycles. The third kappa shape index (κ3) is 5.70. The Morgan fingerprint density at radius 1 is 1.59 bits per heavy atom. The molecule has 1 aliphatic heterocycles. The summed E-state index contributed by atoms with van der Waals surface area (Å²) in [5.74, 6) is 0.122. The Bertz CT molecular complexity index is 241. The van der Waals surface area contributed by atoms with Crippen molar-refractivity contribution in [2.24, 2.45) is 0 Å². The van der Waals surface area contributed by atoms with E-state index in [-0.39, 0.29) is 36.0 Å². The second-order valence-electron chi connectivity index (χ2n) is 5.23. The van der Waals surface area contributed by atoms with Gasteiger partial charge in [-0.15, -0.1) is 12.4 Å². The number of hydrogen-bond acceptors (Lipinski definition) is 3. The maximum Gasteiger partial charge on any atom is 0.237 e. The third-order valence-corrected chi connectivity index (χ3v) is 3.12. The second-order valence-corrected chi connectivity index (χ2v) is 5.23. The van der Waals surface area contributed by atoms with Crippen molar-refractivity contribution in [1.82, 2.24) is 10.6 Å². The van der Waals surface area contributed by atoms with E-state index in [0.717, 1.165) is 25.8 Å². The van der Waals surface area contributed by atoms with Gasteiger partial charge in [-0.2, -0.15) is 0 Å². The van der Waals surface area contributed by atoms with Crippen LogP contribution in [0.4, 0.5) is 0 Å². The highest BCUT2D eigenvalue weighted by atomic mass is 35.5. The fraction of sp³-hybridized carbons (Fsp3) is 0.917. The Labute approximate surface area is 110 Å². The molecule has 1 rings (SSSR count). The van der Waals surface area contributed by atoms with Crippen LogP contribution in [0.5, 0.6) is 0 Å². The molecule has 0 bridgehead atoms. The van der Waals surface area contributed by atoms with Crippen molar-refractivity contribution >= 4 is 18.3 Å². The van der Waals surface area contributed by atoms with E-state index in [2.05, 4.69) is 10.6 Å². The second kappa shape index (κ2) is 7.19. The molecule has 1 amide bonds. The van der Waals surface area contributed by atoms with Crippen LogP contribution < -0.4 is 10.6 Å². The lowest BCUT2D eigenvalue weighted by Crippen LogP contribution is -2.46. The number of amides is 1. The molecule has 1 fully saturated rings. The minimum Gasteiger partial charge on any atom is -0.379 e. The zero-order chi connectivity index (χ0) is 12.2. The van der Waals surface area contributed by atoms with E-state index < -0.39 is 0 Å². The molecule has 0 spiro atoms. The summed E-state index contributed by atoms with van der Waals surface area (Å²) in [6.45, 7) is 7.04. The van der Waals surface area contributed by atoms with Gasteiger partial charge in [0, 0.05) is 13.2 Å². The van der Waals surface area contributed by atoms with E-state index in [9.17, 15) is 4.79 Å². The van der Waals surface area contributed by atoms with Gasteiger partial charge in [0.2, 0.25) is 5.91 Å². The predicted octanol–water partition coefficient (Wildman–Crippen LogP) is 1.48. The van der Waals surface area contributed by atoms with Gasteiger partial charge in [0.25, 0.3) is 0 Å². The summed E-state index contributed by atoms with van der Waals surface area (Å²) >= 11 is 0. The summed E-state index contributed by atoms with van der Waals surface area (Å²) in [7, 11) is 1.70. The van der Waals surface area contributed by atoms with Crippen LogP contribution in [0.15, 0.2) is 0 Å². The monoisotopic (exact) mass is 264 g/mol. The zero-order valence-corrected chi connectivity index (χ0v) is 12.0. The third-order valence-electron chi connectivity index (χ3n) is 3.12. The summed E-state index contributed by atoms with van der Waals surface area (Å²) in [5.41, 5.74) is -0.185. The molecule has 4 nitrogen and oxygen atoms in total. The lowest BCUT2D eigenvalue weighted by molar-refractivity contribution is -0.123. The van der Waals surface area contributed by atoms with Gasteiger partial charge in [0.1, 0.15) is 0 Å². The number of carbonyl (C=O) groups is 1. The van der Waals surface area contributed by atoms with E-state index in [4.69, 9.17) is 4.74 Å².